The molecule has 4 N–H and O–H groups in total. The lowest BCUT2D eigenvalue weighted by Crippen LogP contribution is -2.36. The second-order valence-electron chi connectivity index (χ2n) is 11.3. The Balaban J connectivity index is 0.000000291. The summed E-state index contributed by atoms with van der Waals surface area (Å²) >= 11 is 0. The third-order valence-electron chi connectivity index (χ3n) is 7.66. The SMILES string of the molecule is CC[C@H](C(=O)O)C(NC(=O)c1cc([N+](=O)[O-])cc([N+](=O)[O-])c1)c1ccccc1.O=C(O)C[C@H](NC(=O)c1cc([N+](=O)[O-])cc([N+](=O)[O-])c1)c1ccccc1. The van der Waals surface area contributed by atoms with Gasteiger partial charge in [0.1, 0.15) is 0 Å². The number of carboxylic acids is 2. The van der Waals surface area contributed by atoms with E-state index in [1.54, 1.807) is 67.6 Å². The molecule has 54 heavy (non-hydrogen) atoms. The van der Waals surface area contributed by atoms with Crippen LogP contribution in [-0.2, 0) is 9.59 Å². The van der Waals surface area contributed by atoms with Crippen LogP contribution >= 0.6 is 0 Å². The van der Waals surface area contributed by atoms with Crippen molar-refractivity contribution in [2.45, 2.75) is 31.8 Å². The molecule has 4 aromatic rings. The number of rotatable bonds is 15. The summed E-state index contributed by atoms with van der Waals surface area (Å²) in [5.74, 6) is -4.95. The molecular weight excluding hydrogens is 716 g/mol. The number of non-ortho nitro benzene ring substituents is 4. The Labute approximate surface area is 303 Å². The van der Waals surface area contributed by atoms with Crippen LogP contribution in [0.4, 0.5) is 22.7 Å². The maximum absolute atomic E-state index is 12.7. The normalized spacial score (nSPS) is 12.0. The number of nitrogens with one attached hydrogen (secondary N) is 2. The molecule has 2 amide bonds. The van der Waals surface area contributed by atoms with Gasteiger partial charge in [0.05, 0.1) is 67.4 Å². The highest BCUT2D eigenvalue weighted by Gasteiger charge is 2.31. The van der Waals surface area contributed by atoms with Crippen molar-refractivity contribution < 1.29 is 49.1 Å². The number of carboxylic acid groups (broad SMARTS) is 2. The maximum Gasteiger partial charge on any atom is 0.308 e. The Morgan fingerprint density at radius 1 is 0.593 bits per heavy atom. The van der Waals surface area contributed by atoms with Crippen LogP contribution in [0.1, 0.15) is 63.7 Å². The molecule has 0 aliphatic rings. The number of nitro groups is 4. The van der Waals surface area contributed by atoms with E-state index in [9.17, 15) is 64.7 Å². The van der Waals surface area contributed by atoms with Crippen LogP contribution in [0.5, 0.6) is 0 Å². The molecular formula is C34H30N6O14. The van der Waals surface area contributed by atoms with E-state index < -0.39 is 90.6 Å². The van der Waals surface area contributed by atoms with Gasteiger partial charge in [0, 0.05) is 24.3 Å². The van der Waals surface area contributed by atoms with Crippen LogP contribution in [0, 0.1) is 46.4 Å². The van der Waals surface area contributed by atoms with Crippen molar-refractivity contribution in [3.8, 4) is 0 Å². The minimum Gasteiger partial charge on any atom is -0.481 e. The lowest BCUT2D eigenvalue weighted by molar-refractivity contribution is -0.394. The van der Waals surface area contributed by atoms with Gasteiger partial charge in [-0.05, 0) is 17.5 Å². The van der Waals surface area contributed by atoms with Crippen LogP contribution in [-0.4, -0.2) is 53.7 Å². The van der Waals surface area contributed by atoms with Gasteiger partial charge in [-0.1, -0.05) is 67.6 Å². The predicted octanol–water partition coefficient (Wildman–Crippen LogP) is 5.53. The fraction of sp³-hybridized carbons (Fsp3) is 0.176. The number of nitro benzene ring substituents is 4. The van der Waals surface area contributed by atoms with E-state index in [-0.39, 0.29) is 17.5 Å². The zero-order chi connectivity index (χ0) is 40.1. The second-order valence-corrected chi connectivity index (χ2v) is 11.3. The van der Waals surface area contributed by atoms with Gasteiger partial charge in [-0.3, -0.25) is 59.6 Å². The van der Waals surface area contributed by atoms with Crippen molar-refractivity contribution in [2.24, 2.45) is 5.92 Å². The van der Waals surface area contributed by atoms with Crippen LogP contribution in [0.2, 0.25) is 0 Å². The van der Waals surface area contributed by atoms with Crippen molar-refractivity contribution in [3.63, 3.8) is 0 Å². The van der Waals surface area contributed by atoms with E-state index in [1.165, 1.54) is 0 Å². The fourth-order valence-corrected chi connectivity index (χ4v) is 5.08. The number of benzene rings is 4. The van der Waals surface area contributed by atoms with Crippen LogP contribution in [0.25, 0.3) is 0 Å². The summed E-state index contributed by atoms with van der Waals surface area (Å²) in [5.41, 5.74) is -2.01. The average molecular weight is 747 g/mol. The third kappa shape index (κ3) is 11.2. The molecule has 4 rings (SSSR count). The first-order valence-corrected chi connectivity index (χ1v) is 15.6. The van der Waals surface area contributed by atoms with Crippen molar-refractivity contribution in [1.29, 1.82) is 0 Å². The molecule has 0 aliphatic carbocycles. The number of carbonyl (C=O) groups is 4. The van der Waals surface area contributed by atoms with Gasteiger partial charge in [-0.15, -0.1) is 0 Å². The molecule has 0 aliphatic heterocycles. The minimum atomic E-state index is -1.16. The molecule has 0 aromatic heterocycles. The third-order valence-corrected chi connectivity index (χ3v) is 7.66. The molecule has 280 valence electrons. The Hall–Kier alpha value is -7.64. The number of amides is 2. The molecule has 3 atom stereocenters. The summed E-state index contributed by atoms with van der Waals surface area (Å²) in [6.45, 7) is 1.65. The Morgan fingerprint density at radius 2 is 0.963 bits per heavy atom. The first-order chi connectivity index (χ1) is 25.5. The number of hydrogen-bond acceptors (Lipinski definition) is 12. The zero-order valence-corrected chi connectivity index (χ0v) is 28.0. The van der Waals surface area contributed by atoms with Gasteiger partial charge >= 0.3 is 11.9 Å². The van der Waals surface area contributed by atoms with Crippen LogP contribution in [0.15, 0.2) is 97.1 Å². The van der Waals surface area contributed by atoms with Crippen LogP contribution < -0.4 is 10.6 Å². The average Bonchev–Trinajstić information content (AvgIpc) is 3.14. The number of nitrogens with zero attached hydrogens (tertiary/aromatic N) is 4. The van der Waals surface area contributed by atoms with Crippen molar-refractivity contribution in [1.82, 2.24) is 10.6 Å². The molecule has 0 radical (unpaired) electrons. The topological polar surface area (TPSA) is 305 Å². The molecule has 0 heterocycles. The number of carbonyl (C=O) groups excluding carboxylic acids is 2. The molecule has 1 unspecified atom stereocenters. The van der Waals surface area contributed by atoms with Gasteiger partial charge in [0.15, 0.2) is 0 Å². The Morgan fingerprint density at radius 3 is 1.30 bits per heavy atom. The fourth-order valence-electron chi connectivity index (χ4n) is 5.08. The van der Waals surface area contributed by atoms with Crippen LogP contribution in [0.3, 0.4) is 0 Å². The van der Waals surface area contributed by atoms with Gasteiger partial charge in [-0.25, -0.2) is 0 Å². The van der Waals surface area contributed by atoms with E-state index in [4.69, 9.17) is 5.11 Å². The lowest BCUT2D eigenvalue weighted by Gasteiger charge is -2.24. The summed E-state index contributed by atoms with van der Waals surface area (Å²) in [5, 5.41) is 67.4. The van der Waals surface area contributed by atoms with Crippen molar-refractivity contribution in [3.05, 3.63) is 160 Å². The van der Waals surface area contributed by atoms with E-state index in [0.717, 1.165) is 36.4 Å². The molecule has 0 saturated carbocycles. The molecule has 0 fully saturated rings. The Kier molecular flexibility index (Phi) is 14.0. The first-order valence-electron chi connectivity index (χ1n) is 15.6. The summed E-state index contributed by atoms with van der Waals surface area (Å²) in [6.07, 6.45) is -0.211. The first kappa shape index (κ1) is 40.8. The molecule has 0 spiro atoms. The smallest absolute Gasteiger partial charge is 0.308 e. The molecule has 0 saturated heterocycles. The maximum atomic E-state index is 12.7. The summed E-state index contributed by atoms with van der Waals surface area (Å²) < 4.78 is 0. The Bertz CT molecular complexity index is 2010. The number of hydrogen-bond donors (Lipinski definition) is 4. The molecule has 20 heteroatoms. The van der Waals surface area contributed by atoms with Crippen molar-refractivity contribution >= 4 is 46.5 Å². The highest BCUT2D eigenvalue weighted by atomic mass is 16.6. The van der Waals surface area contributed by atoms with Gasteiger partial charge < -0.3 is 20.8 Å². The van der Waals surface area contributed by atoms with Crippen molar-refractivity contribution in [2.75, 3.05) is 0 Å². The quantitative estimate of drug-likeness (QED) is 0.0858. The standard InChI is InChI=1S/C18H17N3O7.C16H13N3O7/c1-2-15(18(23)24)16(11-6-4-3-5-7-11)19-17(22)12-8-13(20(25)26)10-14(9-12)21(27)28;20-15(21)9-14(10-4-2-1-3-5-10)17-16(22)11-6-12(18(23)24)8-13(7-11)19(25)26/h3-10,15-16H,2H2,1H3,(H,19,22)(H,23,24);1-8,14H,9H2,(H,17,22)(H,20,21)/t15-,16?;14-/m00/s1. The zero-order valence-electron chi connectivity index (χ0n) is 28.0. The largest absolute Gasteiger partial charge is 0.481 e. The van der Waals surface area contributed by atoms with E-state index >= 15 is 0 Å². The predicted molar refractivity (Wildman–Crippen MR) is 186 cm³/mol. The second kappa shape index (κ2) is 18.6. The van der Waals surface area contributed by atoms with E-state index in [0.29, 0.717) is 11.1 Å². The summed E-state index contributed by atoms with van der Waals surface area (Å²) in [4.78, 5) is 88.2. The van der Waals surface area contributed by atoms with Gasteiger partial charge in [0.25, 0.3) is 34.6 Å². The summed E-state index contributed by atoms with van der Waals surface area (Å²) in [7, 11) is 0. The number of aliphatic carboxylic acids is 2. The monoisotopic (exact) mass is 746 g/mol. The summed E-state index contributed by atoms with van der Waals surface area (Å²) in [6, 6.07) is 19.9. The van der Waals surface area contributed by atoms with Gasteiger partial charge in [-0.2, -0.15) is 0 Å². The highest BCUT2D eigenvalue weighted by Crippen LogP contribution is 2.28. The molecule has 20 nitrogen and oxygen atoms in total. The van der Waals surface area contributed by atoms with Gasteiger partial charge in [0.2, 0.25) is 0 Å². The lowest BCUT2D eigenvalue weighted by atomic mass is 9.90. The van der Waals surface area contributed by atoms with E-state index in [2.05, 4.69) is 10.6 Å². The molecule has 4 aromatic carbocycles. The molecule has 0 bridgehead atoms. The van der Waals surface area contributed by atoms with E-state index in [1.807, 2.05) is 0 Å². The minimum absolute atomic E-state index is 0.213. The highest BCUT2D eigenvalue weighted by molar-refractivity contribution is 5.97.